The van der Waals surface area contributed by atoms with Crippen molar-refractivity contribution in [1.82, 2.24) is 20.3 Å². The molecule has 0 unspecified atom stereocenters. The molecule has 0 aliphatic rings. The molecular formula is C20H21N5O3. The van der Waals surface area contributed by atoms with Gasteiger partial charge in [0.05, 0.1) is 13.7 Å². The fourth-order valence-corrected chi connectivity index (χ4v) is 2.35. The number of rotatable bonds is 9. The Kier molecular flexibility index (Phi) is 6.73. The van der Waals surface area contributed by atoms with E-state index in [0.29, 0.717) is 31.4 Å². The Balaban J connectivity index is 1.44. The van der Waals surface area contributed by atoms with Gasteiger partial charge in [0.25, 0.3) is 5.91 Å². The van der Waals surface area contributed by atoms with Crippen molar-refractivity contribution in [2.24, 2.45) is 0 Å². The Morgan fingerprint density at radius 1 is 1.07 bits per heavy atom. The number of amides is 1. The third-order valence-corrected chi connectivity index (χ3v) is 3.78. The van der Waals surface area contributed by atoms with Crippen LogP contribution < -0.4 is 20.1 Å². The maximum atomic E-state index is 12.3. The van der Waals surface area contributed by atoms with Gasteiger partial charge in [-0.1, -0.05) is 6.07 Å². The summed E-state index contributed by atoms with van der Waals surface area (Å²) in [6, 6.07) is 12.6. The zero-order valence-electron chi connectivity index (χ0n) is 15.5. The second kappa shape index (κ2) is 9.86. The van der Waals surface area contributed by atoms with Crippen LogP contribution in [-0.2, 0) is 6.54 Å². The molecule has 144 valence electrons. The summed E-state index contributed by atoms with van der Waals surface area (Å²) in [5.41, 5.74) is 1.28. The van der Waals surface area contributed by atoms with Gasteiger partial charge in [-0.05, 0) is 42.0 Å². The van der Waals surface area contributed by atoms with Crippen LogP contribution in [0.25, 0.3) is 0 Å². The Morgan fingerprint density at radius 3 is 2.64 bits per heavy atom. The molecule has 0 aliphatic heterocycles. The van der Waals surface area contributed by atoms with Crippen LogP contribution in [0.4, 0.5) is 5.95 Å². The van der Waals surface area contributed by atoms with Crippen molar-refractivity contribution in [2.75, 3.05) is 25.6 Å². The van der Waals surface area contributed by atoms with E-state index < -0.39 is 0 Å². The third-order valence-electron chi connectivity index (χ3n) is 3.78. The lowest BCUT2D eigenvalue weighted by molar-refractivity contribution is 0.0942. The molecule has 0 fully saturated rings. The lowest BCUT2D eigenvalue weighted by Crippen LogP contribution is -2.29. The molecule has 0 saturated carbocycles. The molecule has 2 heterocycles. The molecule has 0 bridgehead atoms. The van der Waals surface area contributed by atoms with Crippen molar-refractivity contribution in [3.05, 3.63) is 72.3 Å². The molecule has 8 nitrogen and oxygen atoms in total. The number of ether oxygens (including phenoxy) is 2. The molecular weight excluding hydrogens is 358 g/mol. The number of aromatic nitrogens is 3. The van der Waals surface area contributed by atoms with Crippen molar-refractivity contribution >= 4 is 11.9 Å². The minimum atomic E-state index is -0.287. The van der Waals surface area contributed by atoms with Gasteiger partial charge in [-0.15, -0.1) is 0 Å². The first kappa shape index (κ1) is 19.1. The summed E-state index contributed by atoms with van der Waals surface area (Å²) in [6.45, 7) is 1.22. The maximum absolute atomic E-state index is 12.3. The summed E-state index contributed by atoms with van der Waals surface area (Å²) < 4.78 is 10.7. The highest BCUT2D eigenvalue weighted by molar-refractivity contribution is 5.92. The monoisotopic (exact) mass is 379 g/mol. The smallest absolute Gasteiger partial charge is 0.270 e. The maximum Gasteiger partial charge on any atom is 0.270 e. The predicted octanol–water partition coefficient (Wildman–Crippen LogP) is 2.30. The van der Waals surface area contributed by atoms with E-state index >= 15 is 0 Å². The first-order chi connectivity index (χ1) is 13.7. The molecule has 3 aromatic rings. The van der Waals surface area contributed by atoms with Crippen LogP contribution in [0.3, 0.4) is 0 Å². The summed E-state index contributed by atoms with van der Waals surface area (Å²) in [5.74, 6) is 1.56. The Morgan fingerprint density at radius 2 is 1.89 bits per heavy atom. The van der Waals surface area contributed by atoms with Gasteiger partial charge in [-0.2, -0.15) is 0 Å². The van der Waals surface area contributed by atoms with Gasteiger partial charge in [0.2, 0.25) is 5.95 Å². The minimum absolute atomic E-state index is 0.285. The van der Waals surface area contributed by atoms with E-state index in [1.165, 1.54) is 0 Å². The number of nitrogens with one attached hydrogen (secondary N) is 2. The van der Waals surface area contributed by atoms with E-state index in [1.54, 1.807) is 31.8 Å². The third kappa shape index (κ3) is 5.66. The SMILES string of the molecule is COc1ccc(OCCNC(=O)c2ccnc(NCc3cccnc3)n2)cc1. The number of benzene rings is 1. The van der Waals surface area contributed by atoms with E-state index in [4.69, 9.17) is 9.47 Å². The quantitative estimate of drug-likeness (QED) is 0.551. The molecule has 0 aliphatic carbocycles. The van der Waals surface area contributed by atoms with Crippen molar-refractivity contribution in [3.63, 3.8) is 0 Å². The standard InChI is InChI=1S/C20H21N5O3/c1-27-16-4-6-17(7-5-16)28-12-11-22-19(26)18-8-10-23-20(25-18)24-14-15-3-2-9-21-13-15/h2-10,13H,11-12,14H2,1H3,(H,22,26)(H,23,24,25). The minimum Gasteiger partial charge on any atom is -0.497 e. The summed E-state index contributed by atoms with van der Waals surface area (Å²) in [7, 11) is 1.61. The molecule has 3 rings (SSSR count). The van der Waals surface area contributed by atoms with Gasteiger partial charge in [0, 0.05) is 25.1 Å². The Labute approximate surface area is 163 Å². The number of carbonyl (C=O) groups is 1. The molecule has 0 saturated heterocycles. The number of pyridine rings is 1. The predicted molar refractivity (Wildman–Crippen MR) is 104 cm³/mol. The second-order valence-electron chi connectivity index (χ2n) is 5.76. The van der Waals surface area contributed by atoms with Crippen LogP contribution in [0.5, 0.6) is 11.5 Å². The van der Waals surface area contributed by atoms with Crippen LogP contribution in [-0.4, -0.2) is 41.1 Å². The molecule has 8 heteroatoms. The number of methoxy groups -OCH3 is 1. The van der Waals surface area contributed by atoms with Crippen molar-refractivity contribution in [3.8, 4) is 11.5 Å². The van der Waals surface area contributed by atoms with Gasteiger partial charge in [-0.25, -0.2) is 9.97 Å². The molecule has 2 N–H and O–H groups in total. The van der Waals surface area contributed by atoms with Crippen molar-refractivity contribution in [2.45, 2.75) is 6.54 Å². The molecule has 1 amide bonds. The largest absolute Gasteiger partial charge is 0.497 e. The molecule has 0 atom stereocenters. The lowest BCUT2D eigenvalue weighted by atomic mass is 10.3. The van der Waals surface area contributed by atoms with Crippen LogP contribution in [0, 0.1) is 0 Å². The van der Waals surface area contributed by atoms with Gasteiger partial charge in [0.15, 0.2) is 0 Å². The zero-order chi connectivity index (χ0) is 19.6. The Hall–Kier alpha value is -3.68. The fraction of sp³-hybridized carbons (Fsp3) is 0.200. The normalized spacial score (nSPS) is 10.2. The molecule has 0 spiro atoms. The first-order valence-corrected chi connectivity index (χ1v) is 8.75. The molecule has 1 aromatic carbocycles. The summed E-state index contributed by atoms with van der Waals surface area (Å²) in [4.78, 5) is 24.7. The number of anilines is 1. The molecule has 28 heavy (non-hydrogen) atoms. The van der Waals surface area contributed by atoms with E-state index in [0.717, 1.165) is 11.3 Å². The average Bonchev–Trinajstić information content (AvgIpc) is 2.76. The lowest BCUT2D eigenvalue weighted by Gasteiger charge is -2.09. The van der Waals surface area contributed by atoms with Gasteiger partial charge in [-0.3, -0.25) is 9.78 Å². The number of nitrogens with zero attached hydrogens (tertiary/aromatic N) is 3. The Bertz CT molecular complexity index is 888. The average molecular weight is 379 g/mol. The topological polar surface area (TPSA) is 98.3 Å². The highest BCUT2D eigenvalue weighted by Crippen LogP contribution is 2.16. The number of hydrogen-bond donors (Lipinski definition) is 2. The summed E-state index contributed by atoms with van der Waals surface area (Å²) >= 11 is 0. The van der Waals surface area contributed by atoms with E-state index in [2.05, 4.69) is 25.6 Å². The zero-order valence-corrected chi connectivity index (χ0v) is 15.5. The van der Waals surface area contributed by atoms with Crippen LogP contribution in [0.1, 0.15) is 16.1 Å². The fourth-order valence-electron chi connectivity index (χ4n) is 2.35. The van der Waals surface area contributed by atoms with Gasteiger partial charge in [0.1, 0.15) is 23.8 Å². The van der Waals surface area contributed by atoms with Crippen LogP contribution in [0.2, 0.25) is 0 Å². The highest BCUT2D eigenvalue weighted by atomic mass is 16.5. The van der Waals surface area contributed by atoms with Gasteiger partial charge >= 0.3 is 0 Å². The second-order valence-corrected chi connectivity index (χ2v) is 5.76. The highest BCUT2D eigenvalue weighted by Gasteiger charge is 2.08. The van der Waals surface area contributed by atoms with E-state index in [9.17, 15) is 4.79 Å². The summed E-state index contributed by atoms with van der Waals surface area (Å²) in [5, 5.41) is 5.85. The summed E-state index contributed by atoms with van der Waals surface area (Å²) in [6.07, 6.45) is 5.01. The number of carbonyl (C=O) groups excluding carboxylic acids is 1. The molecule has 0 radical (unpaired) electrons. The van der Waals surface area contributed by atoms with E-state index in [-0.39, 0.29) is 11.6 Å². The molecule has 2 aromatic heterocycles. The number of hydrogen-bond acceptors (Lipinski definition) is 7. The van der Waals surface area contributed by atoms with Crippen LogP contribution >= 0.6 is 0 Å². The first-order valence-electron chi connectivity index (χ1n) is 8.75. The van der Waals surface area contributed by atoms with Crippen LogP contribution in [0.15, 0.2) is 61.1 Å². The van der Waals surface area contributed by atoms with Crippen molar-refractivity contribution < 1.29 is 14.3 Å². The van der Waals surface area contributed by atoms with E-state index in [1.807, 2.05) is 36.4 Å². The van der Waals surface area contributed by atoms with Crippen molar-refractivity contribution in [1.29, 1.82) is 0 Å². The van der Waals surface area contributed by atoms with Gasteiger partial charge < -0.3 is 20.1 Å².